The molecule has 5 nitrogen and oxygen atoms in total. The maximum absolute atomic E-state index is 13.2. The van der Waals surface area contributed by atoms with E-state index in [2.05, 4.69) is 0 Å². The van der Waals surface area contributed by atoms with Gasteiger partial charge in [-0.05, 0) is 56.2 Å². The molecular weight excluding hydrogens is 360 g/mol. The van der Waals surface area contributed by atoms with Crippen molar-refractivity contribution in [2.45, 2.75) is 55.9 Å². The van der Waals surface area contributed by atoms with Crippen molar-refractivity contribution in [2.24, 2.45) is 0 Å². The molecule has 1 unspecified atom stereocenters. The van der Waals surface area contributed by atoms with Gasteiger partial charge in [0.2, 0.25) is 15.9 Å². The van der Waals surface area contributed by atoms with Crippen molar-refractivity contribution in [3.8, 4) is 0 Å². The molecule has 0 N–H and O–H groups in total. The van der Waals surface area contributed by atoms with Crippen LogP contribution in [0.1, 0.15) is 44.1 Å². The number of carbonyl (C=O) groups is 1. The lowest BCUT2D eigenvalue weighted by molar-refractivity contribution is -0.145. The van der Waals surface area contributed by atoms with E-state index in [9.17, 15) is 13.2 Å². The average molecular weight is 383 g/mol. The van der Waals surface area contributed by atoms with Crippen LogP contribution in [0.15, 0.2) is 24.3 Å². The summed E-state index contributed by atoms with van der Waals surface area (Å²) >= 11 is 5.99. The molecule has 0 bridgehead atoms. The van der Waals surface area contributed by atoms with Gasteiger partial charge >= 0.3 is 0 Å². The topological polar surface area (TPSA) is 57.7 Å². The highest BCUT2D eigenvalue weighted by Gasteiger charge is 2.56. The smallest absolute Gasteiger partial charge is 0.244 e. The van der Waals surface area contributed by atoms with Gasteiger partial charge in [0.1, 0.15) is 5.54 Å². The lowest BCUT2D eigenvalue weighted by Gasteiger charge is -2.44. The average Bonchev–Trinajstić information content (AvgIpc) is 3.30. The van der Waals surface area contributed by atoms with E-state index < -0.39 is 15.6 Å². The number of hydrogen-bond donors (Lipinski definition) is 0. The molecule has 1 amide bonds. The molecule has 4 rings (SSSR count). The van der Waals surface area contributed by atoms with E-state index >= 15 is 0 Å². The highest BCUT2D eigenvalue weighted by atomic mass is 35.5. The Labute approximate surface area is 154 Å². The van der Waals surface area contributed by atoms with Crippen molar-refractivity contribution >= 4 is 27.5 Å². The fourth-order valence-corrected chi connectivity index (χ4v) is 6.56. The summed E-state index contributed by atoms with van der Waals surface area (Å²) in [4.78, 5) is 15.1. The first-order chi connectivity index (χ1) is 11.9. The molecule has 1 atom stereocenters. The molecule has 7 heteroatoms. The van der Waals surface area contributed by atoms with Crippen LogP contribution in [-0.4, -0.2) is 48.2 Å². The summed E-state index contributed by atoms with van der Waals surface area (Å²) in [6, 6.07) is 7.27. The molecular formula is C18H23ClN2O3S. The number of nitrogens with zero attached hydrogens (tertiary/aromatic N) is 2. The first-order valence-corrected chi connectivity index (χ1v) is 11.0. The minimum Gasteiger partial charge on any atom is -0.338 e. The first kappa shape index (κ1) is 17.3. The first-order valence-electron chi connectivity index (χ1n) is 8.98. The fourth-order valence-electron chi connectivity index (χ4n) is 4.39. The molecule has 0 aromatic heterocycles. The molecule has 2 saturated heterocycles. The Hall–Kier alpha value is -1.11. The van der Waals surface area contributed by atoms with Crippen LogP contribution in [0.25, 0.3) is 0 Å². The number of sulfonamides is 1. The van der Waals surface area contributed by atoms with Gasteiger partial charge in [0.25, 0.3) is 0 Å². The van der Waals surface area contributed by atoms with E-state index in [4.69, 9.17) is 11.6 Å². The van der Waals surface area contributed by atoms with Gasteiger partial charge in [0, 0.05) is 24.2 Å². The van der Waals surface area contributed by atoms with Crippen molar-refractivity contribution in [2.75, 3.05) is 13.1 Å². The number of benzene rings is 1. The summed E-state index contributed by atoms with van der Waals surface area (Å²) in [6.07, 6.45) is 5.02. The van der Waals surface area contributed by atoms with Gasteiger partial charge in [-0.15, -0.1) is 0 Å². The molecule has 136 valence electrons. The molecule has 1 aromatic carbocycles. The van der Waals surface area contributed by atoms with E-state index in [1.165, 1.54) is 4.31 Å². The number of amides is 1. The summed E-state index contributed by atoms with van der Waals surface area (Å²) in [5.74, 6) is -0.0696. The molecule has 1 saturated carbocycles. The lowest BCUT2D eigenvalue weighted by Crippen LogP contribution is -2.61. The number of rotatable bonds is 4. The van der Waals surface area contributed by atoms with Gasteiger partial charge in [-0.1, -0.05) is 23.7 Å². The molecule has 1 spiro atoms. The largest absolute Gasteiger partial charge is 0.338 e. The predicted octanol–water partition coefficient (Wildman–Crippen LogP) is 2.79. The third-order valence-corrected chi connectivity index (χ3v) is 7.78. The minimum atomic E-state index is -3.57. The van der Waals surface area contributed by atoms with Crippen LogP contribution in [0, 0.1) is 0 Å². The van der Waals surface area contributed by atoms with E-state index in [0.29, 0.717) is 36.0 Å². The van der Waals surface area contributed by atoms with E-state index in [1.807, 2.05) is 4.90 Å². The monoisotopic (exact) mass is 382 g/mol. The third kappa shape index (κ3) is 3.09. The zero-order valence-electron chi connectivity index (χ0n) is 14.2. The minimum absolute atomic E-state index is 0.0356. The van der Waals surface area contributed by atoms with Crippen LogP contribution in [0.4, 0.5) is 0 Å². The second kappa shape index (κ2) is 6.25. The van der Waals surface area contributed by atoms with Gasteiger partial charge in [-0.2, -0.15) is 4.31 Å². The molecule has 1 aliphatic carbocycles. The van der Waals surface area contributed by atoms with Crippen LogP contribution in [0.5, 0.6) is 0 Å². The zero-order valence-corrected chi connectivity index (χ0v) is 15.7. The Morgan fingerprint density at radius 1 is 1.16 bits per heavy atom. The third-order valence-electron chi connectivity index (χ3n) is 5.64. The summed E-state index contributed by atoms with van der Waals surface area (Å²) in [6.45, 7) is 1.21. The maximum Gasteiger partial charge on any atom is 0.244 e. The van der Waals surface area contributed by atoms with Gasteiger partial charge in [-0.3, -0.25) is 4.79 Å². The molecule has 2 aliphatic heterocycles. The van der Waals surface area contributed by atoms with Gasteiger partial charge in [0.15, 0.2) is 0 Å². The number of halogens is 1. The van der Waals surface area contributed by atoms with E-state index in [-0.39, 0.29) is 11.7 Å². The normalized spacial score (nSPS) is 28.0. The summed E-state index contributed by atoms with van der Waals surface area (Å²) < 4.78 is 27.8. The van der Waals surface area contributed by atoms with Crippen LogP contribution in [0.3, 0.4) is 0 Å². The predicted molar refractivity (Wildman–Crippen MR) is 96.7 cm³/mol. The number of piperidine rings is 1. The molecule has 25 heavy (non-hydrogen) atoms. The van der Waals surface area contributed by atoms with E-state index in [0.717, 1.165) is 32.2 Å². The quantitative estimate of drug-likeness (QED) is 0.804. The van der Waals surface area contributed by atoms with Crippen molar-refractivity contribution in [1.82, 2.24) is 9.21 Å². The zero-order chi connectivity index (χ0) is 17.7. The Morgan fingerprint density at radius 2 is 1.88 bits per heavy atom. The molecule has 0 radical (unpaired) electrons. The van der Waals surface area contributed by atoms with Crippen LogP contribution >= 0.6 is 11.6 Å². The number of hydrogen-bond acceptors (Lipinski definition) is 3. The second-order valence-corrected chi connectivity index (χ2v) is 9.76. The molecule has 3 fully saturated rings. The fraction of sp³-hybridized carbons (Fsp3) is 0.611. The number of likely N-dealkylation sites (tertiary alicyclic amines) is 1. The van der Waals surface area contributed by atoms with Crippen molar-refractivity contribution < 1.29 is 13.2 Å². The Morgan fingerprint density at radius 3 is 2.56 bits per heavy atom. The summed E-state index contributed by atoms with van der Waals surface area (Å²) in [5.41, 5.74) is -0.185. The SMILES string of the molecule is O=C1N(C2CC2)CCCC12CCCN2S(=O)(=O)Cc1cccc(Cl)c1. The molecule has 2 heterocycles. The highest BCUT2D eigenvalue weighted by molar-refractivity contribution is 7.88. The number of carbonyl (C=O) groups excluding carboxylic acids is 1. The van der Waals surface area contributed by atoms with Crippen molar-refractivity contribution in [1.29, 1.82) is 0 Å². The van der Waals surface area contributed by atoms with Crippen LogP contribution in [-0.2, 0) is 20.6 Å². The van der Waals surface area contributed by atoms with Crippen molar-refractivity contribution in [3.05, 3.63) is 34.9 Å². The maximum atomic E-state index is 13.2. The summed E-state index contributed by atoms with van der Waals surface area (Å²) in [7, 11) is -3.57. The Bertz CT molecular complexity index is 793. The van der Waals surface area contributed by atoms with Gasteiger partial charge < -0.3 is 4.90 Å². The van der Waals surface area contributed by atoms with E-state index in [1.54, 1.807) is 24.3 Å². The Balaban J connectivity index is 1.62. The van der Waals surface area contributed by atoms with Crippen LogP contribution in [0.2, 0.25) is 5.02 Å². The Kier molecular flexibility index (Phi) is 4.33. The lowest BCUT2D eigenvalue weighted by atomic mass is 9.86. The molecule has 3 aliphatic rings. The molecule has 1 aromatic rings. The summed E-state index contributed by atoms with van der Waals surface area (Å²) in [5, 5.41) is 0.525. The van der Waals surface area contributed by atoms with Gasteiger partial charge in [-0.25, -0.2) is 8.42 Å². The standard InChI is InChI=1S/C18H23ClN2O3S/c19-15-5-1-4-14(12-15)13-25(23,24)21-11-3-9-18(21)8-2-10-20(17(18)22)16-6-7-16/h1,4-5,12,16H,2-3,6-11,13H2. The van der Waals surface area contributed by atoms with Crippen LogP contribution < -0.4 is 0 Å². The van der Waals surface area contributed by atoms with Crippen molar-refractivity contribution in [3.63, 3.8) is 0 Å². The second-order valence-electron chi connectivity index (χ2n) is 7.43. The highest BCUT2D eigenvalue weighted by Crippen LogP contribution is 2.43. The van der Waals surface area contributed by atoms with Gasteiger partial charge in [0.05, 0.1) is 5.75 Å².